The molecule has 0 bridgehead atoms. The molecule has 1 fully saturated rings. The van der Waals surface area contributed by atoms with E-state index >= 15 is 0 Å². The monoisotopic (exact) mass is 311 g/mol. The molecule has 0 unspecified atom stereocenters. The summed E-state index contributed by atoms with van der Waals surface area (Å²) in [5.41, 5.74) is 3.71. The fourth-order valence-corrected chi connectivity index (χ4v) is 3.35. The van der Waals surface area contributed by atoms with Crippen molar-refractivity contribution in [2.24, 2.45) is 0 Å². The van der Waals surface area contributed by atoms with Crippen LogP contribution in [0.5, 0.6) is 0 Å². The van der Waals surface area contributed by atoms with Crippen molar-refractivity contribution in [1.29, 1.82) is 0 Å². The Balaban J connectivity index is 1.93. The number of thiophene rings is 1. The van der Waals surface area contributed by atoms with E-state index in [0.29, 0.717) is 11.9 Å². The Hall–Kier alpha value is -0.700. The van der Waals surface area contributed by atoms with Crippen molar-refractivity contribution in [3.63, 3.8) is 0 Å². The summed E-state index contributed by atoms with van der Waals surface area (Å²) in [5, 5.41) is 5.11. The standard InChI is InChI=1S/C15H15Cl2NS/c16-8-12-1-2-13(17)7-15(12)18(14-3-4-14)9-11-5-6-19-10-11/h1-2,5-7,10,14H,3-4,8-9H2. The van der Waals surface area contributed by atoms with Crippen LogP contribution in [0.3, 0.4) is 0 Å². The van der Waals surface area contributed by atoms with E-state index in [-0.39, 0.29) is 0 Å². The maximum absolute atomic E-state index is 6.16. The molecule has 0 saturated heterocycles. The van der Waals surface area contributed by atoms with Gasteiger partial charge in [-0.15, -0.1) is 11.6 Å². The van der Waals surface area contributed by atoms with Crippen LogP contribution >= 0.6 is 34.5 Å². The smallest absolute Gasteiger partial charge is 0.0494 e. The molecule has 1 aliphatic carbocycles. The van der Waals surface area contributed by atoms with Crippen molar-refractivity contribution in [2.75, 3.05) is 4.90 Å². The van der Waals surface area contributed by atoms with Gasteiger partial charge in [0, 0.05) is 29.2 Å². The highest BCUT2D eigenvalue weighted by molar-refractivity contribution is 7.07. The van der Waals surface area contributed by atoms with E-state index in [4.69, 9.17) is 23.2 Å². The van der Waals surface area contributed by atoms with Crippen LogP contribution in [0.25, 0.3) is 0 Å². The molecule has 1 aliphatic rings. The average Bonchev–Trinajstić information content (AvgIpc) is 3.13. The molecule has 0 atom stereocenters. The van der Waals surface area contributed by atoms with Crippen molar-refractivity contribution >= 4 is 40.2 Å². The van der Waals surface area contributed by atoms with Gasteiger partial charge in [0.05, 0.1) is 0 Å². The summed E-state index contributed by atoms with van der Waals surface area (Å²) in [6.45, 7) is 0.943. The molecule has 1 nitrogen and oxygen atoms in total. The molecule has 4 heteroatoms. The highest BCUT2D eigenvalue weighted by Gasteiger charge is 2.30. The summed E-state index contributed by atoms with van der Waals surface area (Å²) in [6, 6.07) is 8.82. The lowest BCUT2D eigenvalue weighted by Gasteiger charge is -2.26. The first kappa shape index (κ1) is 13.3. The van der Waals surface area contributed by atoms with Crippen molar-refractivity contribution in [1.82, 2.24) is 0 Å². The molecule has 3 rings (SSSR count). The summed E-state index contributed by atoms with van der Waals surface area (Å²) in [7, 11) is 0. The van der Waals surface area contributed by atoms with Crippen molar-refractivity contribution in [3.05, 3.63) is 51.2 Å². The van der Waals surface area contributed by atoms with Crippen LogP contribution in [0.2, 0.25) is 5.02 Å². The number of hydrogen-bond acceptors (Lipinski definition) is 2. The van der Waals surface area contributed by atoms with Crippen LogP contribution < -0.4 is 4.90 Å². The third-order valence-corrected chi connectivity index (χ3v) is 4.68. The predicted octanol–water partition coefficient (Wildman–Crippen LogP) is 5.31. The lowest BCUT2D eigenvalue weighted by molar-refractivity contribution is 0.792. The van der Waals surface area contributed by atoms with Gasteiger partial charge in [-0.05, 0) is 52.9 Å². The summed E-state index contributed by atoms with van der Waals surface area (Å²) in [6.07, 6.45) is 2.52. The normalized spacial score (nSPS) is 14.6. The van der Waals surface area contributed by atoms with E-state index in [9.17, 15) is 0 Å². The van der Waals surface area contributed by atoms with Gasteiger partial charge in [0.15, 0.2) is 0 Å². The van der Waals surface area contributed by atoms with Gasteiger partial charge < -0.3 is 4.90 Å². The zero-order chi connectivity index (χ0) is 13.2. The maximum atomic E-state index is 6.16. The summed E-state index contributed by atoms with van der Waals surface area (Å²) in [5.74, 6) is 0.527. The summed E-state index contributed by atoms with van der Waals surface area (Å²) in [4.78, 5) is 2.45. The number of anilines is 1. The van der Waals surface area contributed by atoms with E-state index < -0.39 is 0 Å². The Bertz CT molecular complexity index is 549. The quantitative estimate of drug-likeness (QED) is 0.676. The SMILES string of the molecule is ClCc1ccc(Cl)cc1N(Cc1ccsc1)C1CC1. The molecule has 0 spiro atoms. The number of benzene rings is 1. The maximum Gasteiger partial charge on any atom is 0.0494 e. The van der Waals surface area contributed by atoms with Crippen LogP contribution in [0, 0.1) is 0 Å². The Morgan fingerprint density at radius 2 is 2.11 bits per heavy atom. The largest absolute Gasteiger partial charge is 0.364 e. The van der Waals surface area contributed by atoms with Crippen molar-refractivity contribution < 1.29 is 0 Å². The first-order valence-electron chi connectivity index (χ1n) is 6.40. The molecule has 0 amide bonds. The number of halogens is 2. The van der Waals surface area contributed by atoms with Crippen LogP contribution in [0.4, 0.5) is 5.69 Å². The fourth-order valence-electron chi connectivity index (χ4n) is 2.29. The molecular formula is C15H15Cl2NS. The second kappa shape index (κ2) is 5.74. The molecule has 0 radical (unpaired) electrons. The molecule has 1 aromatic carbocycles. The van der Waals surface area contributed by atoms with Gasteiger partial charge in [0.2, 0.25) is 0 Å². The van der Waals surface area contributed by atoms with Gasteiger partial charge >= 0.3 is 0 Å². The lowest BCUT2D eigenvalue weighted by Crippen LogP contribution is -2.25. The molecule has 19 heavy (non-hydrogen) atoms. The Morgan fingerprint density at radius 3 is 2.74 bits per heavy atom. The molecular weight excluding hydrogens is 297 g/mol. The predicted molar refractivity (Wildman–Crippen MR) is 84.5 cm³/mol. The molecule has 1 heterocycles. The van der Waals surface area contributed by atoms with Gasteiger partial charge in [-0.2, -0.15) is 11.3 Å². The highest BCUT2D eigenvalue weighted by Crippen LogP contribution is 2.37. The van der Waals surface area contributed by atoms with Gasteiger partial charge in [-0.25, -0.2) is 0 Å². The molecule has 1 aromatic heterocycles. The second-order valence-corrected chi connectivity index (χ2v) is 6.38. The van der Waals surface area contributed by atoms with Crippen molar-refractivity contribution in [2.45, 2.75) is 31.3 Å². The Kier molecular flexibility index (Phi) is 4.01. The third kappa shape index (κ3) is 3.07. The van der Waals surface area contributed by atoms with Crippen LogP contribution in [-0.2, 0) is 12.4 Å². The van der Waals surface area contributed by atoms with Gasteiger partial charge in [0.1, 0.15) is 0 Å². The molecule has 2 aromatic rings. The van der Waals surface area contributed by atoms with Gasteiger partial charge in [-0.1, -0.05) is 17.7 Å². The number of hydrogen-bond donors (Lipinski definition) is 0. The van der Waals surface area contributed by atoms with Crippen molar-refractivity contribution in [3.8, 4) is 0 Å². The van der Waals surface area contributed by atoms with Crippen LogP contribution in [0.15, 0.2) is 35.0 Å². The number of rotatable bonds is 5. The molecule has 0 aliphatic heterocycles. The second-order valence-electron chi connectivity index (χ2n) is 4.90. The van der Waals surface area contributed by atoms with Crippen LogP contribution in [0.1, 0.15) is 24.0 Å². The Morgan fingerprint density at radius 1 is 1.26 bits per heavy atom. The topological polar surface area (TPSA) is 3.24 Å². The van der Waals surface area contributed by atoms with E-state index in [2.05, 4.69) is 21.7 Å². The lowest BCUT2D eigenvalue weighted by atomic mass is 10.1. The average molecular weight is 312 g/mol. The molecule has 1 saturated carbocycles. The highest BCUT2D eigenvalue weighted by atomic mass is 35.5. The minimum atomic E-state index is 0.527. The fraction of sp³-hybridized carbons (Fsp3) is 0.333. The van der Waals surface area contributed by atoms with E-state index in [1.807, 2.05) is 18.2 Å². The van der Waals surface area contributed by atoms with E-state index in [1.54, 1.807) is 11.3 Å². The third-order valence-electron chi connectivity index (χ3n) is 3.42. The minimum Gasteiger partial charge on any atom is -0.364 e. The summed E-state index contributed by atoms with van der Waals surface area (Å²) >= 11 is 14.0. The van der Waals surface area contributed by atoms with Gasteiger partial charge in [-0.3, -0.25) is 0 Å². The number of nitrogens with zero attached hydrogens (tertiary/aromatic N) is 1. The zero-order valence-electron chi connectivity index (χ0n) is 10.5. The zero-order valence-corrected chi connectivity index (χ0v) is 12.8. The first-order chi connectivity index (χ1) is 9.28. The minimum absolute atomic E-state index is 0.527. The number of alkyl halides is 1. The summed E-state index contributed by atoms with van der Waals surface area (Å²) < 4.78 is 0. The molecule has 100 valence electrons. The molecule has 0 N–H and O–H groups in total. The first-order valence-corrected chi connectivity index (χ1v) is 8.25. The van der Waals surface area contributed by atoms with E-state index in [0.717, 1.165) is 17.1 Å². The Labute approximate surface area is 127 Å². The van der Waals surface area contributed by atoms with Crippen LogP contribution in [-0.4, -0.2) is 6.04 Å². The van der Waals surface area contributed by atoms with Gasteiger partial charge in [0.25, 0.3) is 0 Å². The van der Waals surface area contributed by atoms with E-state index in [1.165, 1.54) is 24.1 Å².